The largest absolute Gasteiger partial charge is 0.481 e. The van der Waals surface area contributed by atoms with Gasteiger partial charge in [0.05, 0.1) is 13.0 Å². The number of hydrogen-bond acceptors (Lipinski definition) is 7. The third kappa shape index (κ3) is 15.0. The highest BCUT2D eigenvalue weighted by atomic mass is 16.4. The summed E-state index contributed by atoms with van der Waals surface area (Å²) < 4.78 is 0. The number of nitrogens with zero attached hydrogens (tertiary/aromatic N) is 1. The Morgan fingerprint density at radius 3 is 1.82 bits per heavy atom. The molecule has 13 nitrogen and oxygen atoms in total. The van der Waals surface area contributed by atoms with Crippen molar-refractivity contribution in [2.24, 2.45) is 5.92 Å². The summed E-state index contributed by atoms with van der Waals surface area (Å²) in [5, 5.41) is 22.4. The molecular formula is C32H44N6O7. The van der Waals surface area contributed by atoms with Crippen LogP contribution >= 0.6 is 0 Å². The van der Waals surface area contributed by atoms with Crippen molar-refractivity contribution in [3.63, 3.8) is 0 Å². The van der Waals surface area contributed by atoms with E-state index in [2.05, 4.69) is 26.6 Å². The van der Waals surface area contributed by atoms with Crippen LogP contribution in [0.5, 0.6) is 0 Å². The number of carbonyl (C=O) groups excluding carboxylic acids is 5. The van der Waals surface area contributed by atoms with Gasteiger partial charge in [-0.3, -0.25) is 33.7 Å². The summed E-state index contributed by atoms with van der Waals surface area (Å²) in [6.45, 7) is 6.00. The Kier molecular flexibility index (Phi) is 15.8. The summed E-state index contributed by atoms with van der Waals surface area (Å²) in [4.78, 5) is 73.6. The van der Waals surface area contributed by atoms with Gasteiger partial charge in [0.2, 0.25) is 29.5 Å². The van der Waals surface area contributed by atoms with E-state index in [0.717, 1.165) is 16.7 Å². The SMILES string of the molecule is CC(=O)NCCN(CCNC(C)=O)CC(=O)NCCNC(=O)[C@H](CC(=O)O)NC(=O)[C@@H](C)Cc1ccc(-c2ccccc2)cc1. The Hall–Kier alpha value is -4.78. The molecule has 0 radical (unpaired) electrons. The average Bonchev–Trinajstić information content (AvgIpc) is 2.99. The lowest BCUT2D eigenvalue weighted by Gasteiger charge is -2.22. The minimum absolute atomic E-state index is 0.00230. The topological polar surface area (TPSA) is 186 Å². The first-order valence-electron chi connectivity index (χ1n) is 14.9. The number of carbonyl (C=O) groups is 6. The maximum atomic E-state index is 12.9. The third-order valence-electron chi connectivity index (χ3n) is 6.78. The standard InChI is InChI=1S/C32H44N6O7/c1-22(19-25-9-11-27(12-10-25)26-7-5-4-6-8-26)31(44)37-28(20-30(42)43)32(45)36-14-13-35-29(41)21-38(17-15-33-23(2)39)18-16-34-24(3)40/h4-12,22,28H,13-21H2,1-3H3,(H,33,39)(H,34,40)(H,35,41)(H,36,45)(H,37,44)(H,42,43)/t22-,28-/m0/s1. The van der Waals surface area contributed by atoms with E-state index in [1.165, 1.54) is 13.8 Å². The van der Waals surface area contributed by atoms with Crippen LogP contribution in [0.25, 0.3) is 11.1 Å². The molecule has 6 N–H and O–H groups in total. The van der Waals surface area contributed by atoms with Gasteiger partial charge < -0.3 is 31.7 Å². The molecule has 0 aliphatic carbocycles. The molecule has 2 atom stereocenters. The fourth-order valence-electron chi connectivity index (χ4n) is 4.43. The van der Waals surface area contributed by atoms with Crippen LogP contribution in [0.1, 0.15) is 32.8 Å². The van der Waals surface area contributed by atoms with Crippen LogP contribution in [0.4, 0.5) is 0 Å². The van der Waals surface area contributed by atoms with Gasteiger partial charge in [-0.15, -0.1) is 0 Å². The number of aliphatic carboxylic acids is 1. The highest BCUT2D eigenvalue weighted by Crippen LogP contribution is 2.20. The normalized spacial score (nSPS) is 12.0. The van der Waals surface area contributed by atoms with E-state index in [-0.39, 0.29) is 37.4 Å². The number of hydrogen-bond donors (Lipinski definition) is 6. The maximum Gasteiger partial charge on any atom is 0.305 e. The molecule has 0 heterocycles. The van der Waals surface area contributed by atoms with E-state index < -0.39 is 36.2 Å². The number of nitrogens with one attached hydrogen (secondary N) is 5. The van der Waals surface area contributed by atoms with Gasteiger partial charge in [-0.2, -0.15) is 0 Å². The quantitative estimate of drug-likeness (QED) is 0.121. The molecule has 5 amide bonds. The van der Waals surface area contributed by atoms with Crippen LogP contribution in [-0.4, -0.2) is 97.4 Å². The van der Waals surface area contributed by atoms with Crippen LogP contribution in [0.3, 0.4) is 0 Å². The van der Waals surface area contributed by atoms with Gasteiger partial charge in [-0.25, -0.2) is 0 Å². The van der Waals surface area contributed by atoms with Gasteiger partial charge in [-0.1, -0.05) is 61.5 Å². The van der Waals surface area contributed by atoms with Crippen molar-refractivity contribution in [3.8, 4) is 11.1 Å². The van der Waals surface area contributed by atoms with E-state index in [1.54, 1.807) is 11.8 Å². The van der Waals surface area contributed by atoms with Gasteiger partial charge in [0, 0.05) is 59.0 Å². The first-order valence-corrected chi connectivity index (χ1v) is 14.9. The molecule has 244 valence electrons. The summed E-state index contributed by atoms with van der Waals surface area (Å²) in [6.07, 6.45) is -0.193. The molecule has 13 heteroatoms. The third-order valence-corrected chi connectivity index (χ3v) is 6.78. The molecule has 2 rings (SSSR count). The van der Waals surface area contributed by atoms with Crippen molar-refractivity contribution in [2.75, 3.05) is 45.8 Å². The van der Waals surface area contributed by atoms with Gasteiger partial charge in [-0.05, 0) is 23.1 Å². The van der Waals surface area contributed by atoms with Crippen LogP contribution in [-0.2, 0) is 35.2 Å². The summed E-state index contributed by atoms with van der Waals surface area (Å²) >= 11 is 0. The van der Waals surface area contributed by atoms with Crippen molar-refractivity contribution in [1.29, 1.82) is 0 Å². The second-order valence-corrected chi connectivity index (χ2v) is 10.7. The van der Waals surface area contributed by atoms with Crippen molar-refractivity contribution >= 4 is 35.5 Å². The number of carboxylic acids is 1. The molecule has 0 spiro atoms. The summed E-state index contributed by atoms with van der Waals surface area (Å²) in [5.41, 5.74) is 3.06. The molecular weight excluding hydrogens is 580 g/mol. The van der Waals surface area contributed by atoms with E-state index in [9.17, 15) is 33.9 Å². The number of benzene rings is 2. The molecule has 45 heavy (non-hydrogen) atoms. The number of amides is 5. The zero-order valence-electron chi connectivity index (χ0n) is 26.1. The molecule has 0 saturated carbocycles. The van der Waals surface area contributed by atoms with E-state index in [4.69, 9.17) is 0 Å². The van der Waals surface area contributed by atoms with Crippen LogP contribution in [0.2, 0.25) is 0 Å². The van der Waals surface area contributed by atoms with Crippen LogP contribution < -0.4 is 26.6 Å². The Labute approximate surface area is 263 Å². The molecule has 0 saturated heterocycles. The Bertz CT molecular complexity index is 1270. The maximum absolute atomic E-state index is 12.9. The lowest BCUT2D eigenvalue weighted by molar-refractivity contribution is -0.141. The summed E-state index contributed by atoms with van der Waals surface area (Å²) in [7, 11) is 0. The molecule has 0 aromatic heterocycles. The van der Waals surface area contributed by atoms with Crippen LogP contribution in [0, 0.1) is 5.92 Å². The predicted molar refractivity (Wildman–Crippen MR) is 169 cm³/mol. The monoisotopic (exact) mass is 624 g/mol. The lowest BCUT2D eigenvalue weighted by Crippen LogP contribution is -2.50. The smallest absolute Gasteiger partial charge is 0.305 e. The Morgan fingerprint density at radius 1 is 0.711 bits per heavy atom. The number of carboxylic acid groups (broad SMARTS) is 1. The van der Waals surface area contributed by atoms with E-state index in [0.29, 0.717) is 32.6 Å². The van der Waals surface area contributed by atoms with Gasteiger partial charge in [0.1, 0.15) is 6.04 Å². The highest BCUT2D eigenvalue weighted by molar-refractivity contribution is 5.91. The second-order valence-electron chi connectivity index (χ2n) is 10.7. The average molecular weight is 625 g/mol. The zero-order chi connectivity index (χ0) is 33.2. The van der Waals surface area contributed by atoms with Gasteiger partial charge in [0.15, 0.2) is 0 Å². The predicted octanol–water partition coefficient (Wildman–Crippen LogP) is 0.298. The molecule has 2 aromatic rings. The Balaban J connectivity index is 1.82. The minimum Gasteiger partial charge on any atom is -0.481 e. The van der Waals surface area contributed by atoms with E-state index in [1.807, 2.05) is 54.6 Å². The van der Waals surface area contributed by atoms with Crippen molar-refractivity contribution < 1.29 is 33.9 Å². The number of rotatable bonds is 19. The van der Waals surface area contributed by atoms with Gasteiger partial charge >= 0.3 is 5.97 Å². The molecule has 0 fully saturated rings. The van der Waals surface area contributed by atoms with E-state index >= 15 is 0 Å². The molecule has 0 aliphatic rings. The molecule has 2 aromatic carbocycles. The minimum atomic E-state index is -1.29. The molecule has 0 aliphatic heterocycles. The molecule has 0 bridgehead atoms. The van der Waals surface area contributed by atoms with Crippen molar-refractivity contribution in [3.05, 3.63) is 60.2 Å². The second kappa shape index (κ2) is 19.5. The van der Waals surface area contributed by atoms with Gasteiger partial charge in [0.25, 0.3) is 0 Å². The highest BCUT2D eigenvalue weighted by Gasteiger charge is 2.26. The first kappa shape index (κ1) is 36.4. The summed E-state index contributed by atoms with van der Waals surface area (Å²) in [6, 6.07) is 16.4. The van der Waals surface area contributed by atoms with Crippen molar-refractivity contribution in [1.82, 2.24) is 31.5 Å². The zero-order valence-corrected chi connectivity index (χ0v) is 26.1. The molecule has 0 unspecified atom stereocenters. The fraction of sp³-hybridized carbons (Fsp3) is 0.438. The van der Waals surface area contributed by atoms with Crippen LogP contribution in [0.15, 0.2) is 54.6 Å². The Morgan fingerprint density at radius 2 is 1.27 bits per heavy atom. The fourth-order valence-corrected chi connectivity index (χ4v) is 4.43. The first-order chi connectivity index (χ1) is 21.4. The van der Waals surface area contributed by atoms with Crippen molar-refractivity contribution in [2.45, 2.75) is 39.7 Å². The summed E-state index contributed by atoms with van der Waals surface area (Å²) in [5.74, 6) is -3.62. The lowest BCUT2D eigenvalue weighted by atomic mass is 9.97.